The Kier molecular flexibility index (Phi) is 6.35. The van der Waals surface area contributed by atoms with Gasteiger partial charge in [0.2, 0.25) is 5.91 Å². The summed E-state index contributed by atoms with van der Waals surface area (Å²) in [6.45, 7) is 1.20. The molecular weight excluding hydrogens is 384 g/mol. The van der Waals surface area contributed by atoms with Crippen molar-refractivity contribution in [2.75, 3.05) is 24.8 Å². The summed E-state index contributed by atoms with van der Waals surface area (Å²) in [6, 6.07) is 14.6. The molecule has 0 aliphatic carbocycles. The lowest BCUT2D eigenvalue weighted by Gasteiger charge is -2.09. The molecule has 0 unspecified atom stereocenters. The Bertz CT molecular complexity index is 1010. The van der Waals surface area contributed by atoms with Gasteiger partial charge in [-0.15, -0.1) is 0 Å². The maximum atomic E-state index is 12.4. The van der Waals surface area contributed by atoms with Gasteiger partial charge in [0.25, 0.3) is 0 Å². The predicted molar refractivity (Wildman–Crippen MR) is 107 cm³/mol. The molecule has 8 heteroatoms. The first-order chi connectivity index (χ1) is 13.1. The van der Waals surface area contributed by atoms with Crippen molar-refractivity contribution in [3.63, 3.8) is 0 Å². The van der Waals surface area contributed by atoms with Crippen LogP contribution in [0.4, 0.5) is 5.69 Å². The quantitative estimate of drug-likeness (QED) is 0.607. The second-order valence-electron chi connectivity index (χ2n) is 5.67. The highest BCUT2D eigenvalue weighted by molar-refractivity contribution is 7.99. The van der Waals surface area contributed by atoms with Crippen LogP contribution in [0.5, 0.6) is 0 Å². The number of amides is 1. The first-order valence-corrected chi connectivity index (χ1v) is 9.55. The molecule has 1 amide bonds. The van der Waals surface area contributed by atoms with Gasteiger partial charge in [0.15, 0.2) is 5.16 Å². The number of anilines is 1. The van der Waals surface area contributed by atoms with E-state index in [1.165, 1.54) is 11.8 Å². The van der Waals surface area contributed by atoms with Crippen LogP contribution in [0, 0.1) is 11.3 Å². The fourth-order valence-corrected chi connectivity index (χ4v) is 3.61. The van der Waals surface area contributed by atoms with E-state index >= 15 is 0 Å². The second-order valence-corrected chi connectivity index (χ2v) is 7.05. The predicted octanol–water partition coefficient (Wildman–Crippen LogP) is 3.94. The molecule has 6 nitrogen and oxygen atoms in total. The number of aromatic nitrogens is 2. The molecule has 27 heavy (non-hydrogen) atoms. The van der Waals surface area contributed by atoms with Crippen molar-refractivity contribution in [1.29, 1.82) is 5.26 Å². The lowest BCUT2D eigenvalue weighted by Crippen LogP contribution is -2.15. The Labute approximate surface area is 166 Å². The van der Waals surface area contributed by atoms with Gasteiger partial charge in [0.05, 0.1) is 34.6 Å². The molecule has 0 aliphatic heterocycles. The van der Waals surface area contributed by atoms with Gasteiger partial charge >= 0.3 is 0 Å². The number of hydrogen-bond acceptors (Lipinski definition) is 5. The number of benzene rings is 2. The summed E-state index contributed by atoms with van der Waals surface area (Å²) in [7, 11) is 1.65. The summed E-state index contributed by atoms with van der Waals surface area (Å²) < 4.78 is 7.22. The highest BCUT2D eigenvalue weighted by atomic mass is 35.5. The Hall–Kier alpha value is -2.53. The Balaban J connectivity index is 1.74. The number of carbonyl (C=O) groups excluding carboxylic acids is 1. The smallest absolute Gasteiger partial charge is 0.234 e. The number of methoxy groups -OCH3 is 1. The van der Waals surface area contributed by atoms with Gasteiger partial charge in [-0.3, -0.25) is 4.79 Å². The van der Waals surface area contributed by atoms with Crippen LogP contribution in [0.1, 0.15) is 5.56 Å². The molecule has 0 spiro atoms. The molecule has 3 rings (SSSR count). The summed E-state index contributed by atoms with van der Waals surface area (Å²) >= 11 is 7.29. The fraction of sp³-hybridized carbons (Fsp3) is 0.211. The van der Waals surface area contributed by atoms with Crippen molar-refractivity contribution in [1.82, 2.24) is 9.55 Å². The zero-order valence-corrected chi connectivity index (χ0v) is 16.2. The highest BCUT2D eigenvalue weighted by Gasteiger charge is 2.14. The number of para-hydroxylation sites is 2. The molecule has 0 fully saturated rings. The largest absolute Gasteiger partial charge is 0.383 e. The number of carbonyl (C=O) groups is 1. The Morgan fingerprint density at radius 2 is 2.19 bits per heavy atom. The number of halogens is 1. The maximum absolute atomic E-state index is 12.4. The third-order valence-electron chi connectivity index (χ3n) is 3.85. The van der Waals surface area contributed by atoms with E-state index in [4.69, 9.17) is 21.6 Å². The molecule has 0 atom stereocenters. The summed E-state index contributed by atoms with van der Waals surface area (Å²) in [4.78, 5) is 17.0. The molecule has 0 saturated heterocycles. The van der Waals surface area contributed by atoms with Crippen molar-refractivity contribution in [2.24, 2.45) is 0 Å². The van der Waals surface area contributed by atoms with Crippen molar-refractivity contribution in [2.45, 2.75) is 11.7 Å². The Morgan fingerprint density at radius 1 is 1.37 bits per heavy atom. The van der Waals surface area contributed by atoms with Crippen molar-refractivity contribution < 1.29 is 9.53 Å². The summed E-state index contributed by atoms with van der Waals surface area (Å²) in [5.74, 6) is -0.0719. The summed E-state index contributed by atoms with van der Waals surface area (Å²) in [6.07, 6.45) is 0. The average Bonchev–Trinajstić information content (AvgIpc) is 3.02. The van der Waals surface area contributed by atoms with Crippen LogP contribution < -0.4 is 5.32 Å². The van der Waals surface area contributed by atoms with Crippen molar-refractivity contribution in [3.8, 4) is 6.07 Å². The minimum absolute atomic E-state index is 0.160. The number of thioether (sulfide) groups is 1. The number of hydrogen-bond donors (Lipinski definition) is 1. The van der Waals surface area contributed by atoms with Crippen LogP contribution in [0.3, 0.4) is 0 Å². The van der Waals surface area contributed by atoms with E-state index in [0.29, 0.717) is 29.4 Å². The normalized spacial score (nSPS) is 10.7. The number of rotatable bonds is 7. The topological polar surface area (TPSA) is 79.9 Å². The van der Waals surface area contributed by atoms with E-state index in [1.807, 2.05) is 34.9 Å². The first-order valence-electron chi connectivity index (χ1n) is 8.19. The number of nitrogens with zero attached hydrogens (tertiary/aromatic N) is 3. The minimum atomic E-state index is -0.232. The van der Waals surface area contributed by atoms with Crippen LogP contribution in [-0.4, -0.2) is 34.9 Å². The monoisotopic (exact) mass is 400 g/mol. The van der Waals surface area contributed by atoms with E-state index in [0.717, 1.165) is 16.2 Å². The number of imidazole rings is 1. The first kappa shape index (κ1) is 19.2. The summed E-state index contributed by atoms with van der Waals surface area (Å²) in [5.41, 5.74) is 2.64. The van der Waals surface area contributed by atoms with E-state index in [-0.39, 0.29) is 11.7 Å². The van der Waals surface area contributed by atoms with E-state index in [1.54, 1.807) is 25.3 Å². The Morgan fingerprint density at radius 3 is 2.96 bits per heavy atom. The maximum Gasteiger partial charge on any atom is 0.234 e. The SMILES string of the molecule is COCCn1c(SCC(=O)Nc2cc(Cl)ccc2C#N)nc2ccccc21. The molecule has 0 radical (unpaired) electrons. The van der Waals surface area contributed by atoms with Crippen LogP contribution in [-0.2, 0) is 16.1 Å². The zero-order chi connectivity index (χ0) is 19.2. The van der Waals surface area contributed by atoms with E-state index < -0.39 is 0 Å². The standard InChI is InChI=1S/C19H17ClN4O2S/c1-26-9-8-24-17-5-3-2-4-15(17)23-19(24)27-12-18(25)22-16-10-14(20)7-6-13(16)11-21/h2-7,10H,8-9,12H2,1H3,(H,22,25). The molecule has 1 N–H and O–H groups in total. The molecule has 0 bridgehead atoms. The number of ether oxygens (including phenoxy) is 1. The molecule has 0 aliphatic rings. The third-order valence-corrected chi connectivity index (χ3v) is 5.06. The minimum Gasteiger partial charge on any atom is -0.383 e. The number of fused-ring (bicyclic) bond motifs is 1. The highest BCUT2D eigenvalue weighted by Crippen LogP contribution is 2.25. The molecule has 1 heterocycles. The third kappa shape index (κ3) is 4.61. The zero-order valence-electron chi connectivity index (χ0n) is 14.6. The molecule has 0 saturated carbocycles. The molecule has 138 valence electrons. The lowest BCUT2D eigenvalue weighted by molar-refractivity contribution is -0.113. The fourth-order valence-electron chi connectivity index (χ4n) is 2.60. The van der Waals surface area contributed by atoms with E-state index in [2.05, 4.69) is 10.3 Å². The molecule has 2 aromatic carbocycles. The summed E-state index contributed by atoms with van der Waals surface area (Å²) in [5, 5.41) is 13.1. The van der Waals surface area contributed by atoms with Crippen molar-refractivity contribution >= 4 is 46.0 Å². The van der Waals surface area contributed by atoms with Gasteiger partial charge in [0, 0.05) is 18.7 Å². The van der Waals surface area contributed by atoms with Gasteiger partial charge in [-0.1, -0.05) is 35.5 Å². The second kappa shape index (κ2) is 8.91. The van der Waals surface area contributed by atoms with Gasteiger partial charge in [0.1, 0.15) is 6.07 Å². The van der Waals surface area contributed by atoms with Crippen LogP contribution in [0.2, 0.25) is 5.02 Å². The van der Waals surface area contributed by atoms with E-state index in [9.17, 15) is 4.79 Å². The van der Waals surface area contributed by atoms with Gasteiger partial charge in [-0.25, -0.2) is 4.98 Å². The average molecular weight is 401 g/mol. The molecular formula is C19H17ClN4O2S. The van der Waals surface area contributed by atoms with Gasteiger partial charge in [-0.2, -0.15) is 5.26 Å². The lowest BCUT2D eigenvalue weighted by atomic mass is 10.2. The van der Waals surface area contributed by atoms with Crippen LogP contribution in [0.15, 0.2) is 47.6 Å². The van der Waals surface area contributed by atoms with Gasteiger partial charge in [-0.05, 0) is 30.3 Å². The number of nitriles is 1. The van der Waals surface area contributed by atoms with Gasteiger partial charge < -0.3 is 14.6 Å². The molecule has 3 aromatic rings. The van der Waals surface area contributed by atoms with Crippen LogP contribution in [0.25, 0.3) is 11.0 Å². The van der Waals surface area contributed by atoms with Crippen LogP contribution >= 0.6 is 23.4 Å². The molecule has 1 aromatic heterocycles. The van der Waals surface area contributed by atoms with Crippen molar-refractivity contribution in [3.05, 3.63) is 53.1 Å². The number of nitrogens with one attached hydrogen (secondary N) is 1.